The van der Waals surface area contributed by atoms with Gasteiger partial charge in [-0.15, -0.1) is 0 Å². The SMILES string of the molecule is CC(C)C(CC(=O)NCCc1ccccc1)C(=O)NC(CC(=O)O)C(=O)CN(C12CCC(CC1=O)C2(C)C)S(C)(=O)=O. The number of aliphatic carboxylic acids is 1. The average molecular weight is 606 g/mol. The molecule has 3 N–H and O–H groups in total. The summed E-state index contributed by atoms with van der Waals surface area (Å²) in [5, 5.41) is 14.8. The van der Waals surface area contributed by atoms with Crippen molar-refractivity contribution in [2.75, 3.05) is 19.3 Å². The van der Waals surface area contributed by atoms with Gasteiger partial charge >= 0.3 is 5.97 Å². The maximum absolute atomic E-state index is 13.5. The molecule has 232 valence electrons. The number of rotatable bonds is 15. The first kappa shape index (κ1) is 33.4. The minimum atomic E-state index is -4.08. The fourth-order valence-electron chi connectivity index (χ4n) is 6.62. The molecule has 2 amide bonds. The van der Waals surface area contributed by atoms with Crippen molar-refractivity contribution in [1.82, 2.24) is 14.9 Å². The molecular formula is C30H43N3O8S. The van der Waals surface area contributed by atoms with Crippen molar-refractivity contribution < 1.29 is 37.5 Å². The lowest BCUT2D eigenvalue weighted by Gasteiger charge is -2.44. The first-order valence-electron chi connectivity index (χ1n) is 14.4. The second kappa shape index (κ2) is 13.0. The fourth-order valence-corrected chi connectivity index (χ4v) is 7.97. The summed E-state index contributed by atoms with van der Waals surface area (Å²) in [5.74, 6) is -4.69. The first-order valence-corrected chi connectivity index (χ1v) is 16.2. The Hall–Kier alpha value is -3.12. The summed E-state index contributed by atoms with van der Waals surface area (Å²) in [5.41, 5.74) is -1.07. The van der Waals surface area contributed by atoms with Crippen LogP contribution in [-0.2, 0) is 40.4 Å². The molecular weight excluding hydrogens is 562 g/mol. The largest absolute Gasteiger partial charge is 0.481 e. The molecule has 42 heavy (non-hydrogen) atoms. The number of sulfonamides is 1. The normalized spacial score (nSPS) is 22.6. The smallest absolute Gasteiger partial charge is 0.305 e. The van der Waals surface area contributed by atoms with Crippen LogP contribution in [0.1, 0.15) is 65.4 Å². The molecule has 2 fully saturated rings. The maximum Gasteiger partial charge on any atom is 0.305 e. The number of nitrogens with one attached hydrogen (secondary N) is 2. The van der Waals surface area contributed by atoms with E-state index in [2.05, 4.69) is 10.6 Å². The summed E-state index contributed by atoms with van der Waals surface area (Å²) in [4.78, 5) is 64.4. The molecule has 1 aromatic rings. The van der Waals surface area contributed by atoms with Crippen LogP contribution in [0, 0.1) is 23.2 Å². The Labute approximate surface area is 247 Å². The molecule has 3 rings (SSSR count). The summed E-state index contributed by atoms with van der Waals surface area (Å²) in [7, 11) is -4.08. The Kier molecular flexibility index (Phi) is 10.4. The quantitative estimate of drug-likeness (QED) is 0.273. The number of fused-ring (bicyclic) bond motifs is 2. The van der Waals surface area contributed by atoms with Gasteiger partial charge in [-0.3, -0.25) is 24.0 Å². The van der Waals surface area contributed by atoms with Crippen LogP contribution in [0.2, 0.25) is 0 Å². The van der Waals surface area contributed by atoms with Crippen LogP contribution in [-0.4, -0.2) is 78.1 Å². The van der Waals surface area contributed by atoms with Crippen LogP contribution >= 0.6 is 0 Å². The number of amides is 2. The molecule has 2 bridgehead atoms. The van der Waals surface area contributed by atoms with Gasteiger partial charge in [0.2, 0.25) is 21.8 Å². The molecule has 2 aliphatic carbocycles. The molecule has 0 heterocycles. The van der Waals surface area contributed by atoms with Crippen LogP contribution in [0.25, 0.3) is 0 Å². The van der Waals surface area contributed by atoms with Gasteiger partial charge in [0.15, 0.2) is 11.6 Å². The highest BCUT2D eigenvalue weighted by Gasteiger charge is 2.68. The molecule has 2 saturated carbocycles. The highest BCUT2D eigenvalue weighted by molar-refractivity contribution is 7.88. The van der Waals surface area contributed by atoms with E-state index in [1.54, 1.807) is 13.8 Å². The van der Waals surface area contributed by atoms with E-state index in [9.17, 15) is 37.5 Å². The zero-order valence-corrected chi connectivity index (χ0v) is 25.8. The first-order chi connectivity index (χ1) is 19.5. The molecule has 0 radical (unpaired) electrons. The van der Waals surface area contributed by atoms with Crippen molar-refractivity contribution >= 4 is 39.4 Å². The monoisotopic (exact) mass is 605 g/mol. The van der Waals surface area contributed by atoms with Crippen molar-refractivity contribution in [3.63, 3.8) is 0 Å². The molecule has 1 aromatic carbocycles. The van der Waals surface area contributed by atoms with Crippen molar-refractivity contribution in [2.45, 2.75) is 77.8 Å². The summed E-state index contributed by atoms with van der Waals surface area (Å²) < 4.78 is 26.9. The number of carbonyl (C=O) groups is 5. The van der Waals surface area contributed by atoms with Crippen molar-refractivity contribution in [2.24, 2.45) is 23.2 Å². The van der Waals surface area contributed by atoms with Gasteiger partial charge in [0.1, 0.15) is 0 Å². The molecule has 2 aliphatic rings. The Morgan fingerprint density at radius 1 is 1.10 bits per heavy atom. The van der Waals surface area contributed by atoms with E-state index in [4.69, 9.17) is 0 Å². The number of hydrogen-bond donors (Lipinski definition) is 3. The van der Waals surface area contributed by atoms with Gasteiger partial charge in [-0.1, -0.05) is 58.0 Å². The van der Waals surface area contributed by atoms with Crippen molar-refractivity contribution in [3.8, 4) is 0 Å². The van der Waals surface area contributed by atoms with E-state index < -0.39 is 63.6 Å². The van der Waals surface area contributed by atoms with Gasteiger partial charge in [0, 0.05) is 25.3 Å². The van der Waals surface area contributed by atoms with E-state index >= 15 is 0 Å². The molecule has 0 saturated heterocycles. The Morgan fingerprint density at radius 3 is 2.24 bits per heavy atom. The third kappa shape index (κ3) is 7.08. The van der Waals surface area contributed by atoms with E-state index in [1.165, 1.54) is 0 Å². The molecule has 0 spiro atoms. The minimum absolute atomic E-state index is 0.0236. The highest BCUT2D eigenvalue weighted by atomic mass is 32.2. The average Bonchev–Trinajstić information content (AvgIpc) is 3.25. The Bertz CT molecular complexity index is 1310. The maximum atomic E-state index is 13.5. The van der Waals surface area contributed by atoms with Crippen LogP contribution < -0.4 is 10.6 Å². The van der Waals surface area contributed by atoms with Crippen molar-refractivity contribution in [3.05, 3.63) is 35.9 Å². The highest BCUT2D eigenvalue weighted by Crippen LogP contribution is 2.61. The van der Waals surface area contributed by atoms with E-state index in [-0.39, 0.29) is 42.8 Å². The van der Waals surface area contributed by atoms with Crippen molar-refractivity contribution in [1.29, 1.82) is 0 Å². The minimum Gasteiger partial charge on any atom is -0.481 e. The Balaban J connectivity index is 1.74. The van der Waals surface area contributed by atoms with E-state index in [0.717, 1.165) is 16.1 Å². The summed E-state index contributed by atoms with van der Waals surface area (Å²) in [6.07, 6.45) is 1.72. The van der Waals surface area contributed by atoms with Crippen LogP contribution in [0.3, 0.4) is 0 Å². The number of Topliss-reactive ketones (excluding diaryl/α,β-unsaturated/α-hetero) is 2. The third-order valence-corrected chi connectivity index (χ3v) is 10.4. The van der Waals surface area contributed by atoms with E-state index in [0.29, 0.717) is 19.4 Å². The second-order valence-corrected chi connectivity index (χ2v) is 14.4. The molecule has 0 aromatic heterocycles. The molecule has 0 aliphatic heterocycles. The van der Waals surface area contributed by atoms with Crippen LogP contribution in [0.15, 0.2) is 30.3 Å². The summed E-state index contributed by atoms with van der Waals surface area (Å²) >= 11 is 0. The predicted octanol–water partition coefficient (Wildman–Crippen LogP) is 1.95. The van der Waals surface area contributed by atoms with Gasteiger partial charge in [-0.25, -0.2) is 8.42 Å². The number of carboxylic acid groups (broad SMARTS) is 1. The fraction of sp³-hybridized carbons (Fsp3) is 0.633. The Morgan fingerprint density at radius 2 is 1.74 bits per heavy atom. The topological polar surface area (TPSA) is 167 Å². The number of carboxylic acids is 1. The number of benzene rings is 1. The molecule has 12 heteroatoms. The number of hydrogen-bond acceptors (Lipinski definition) is 7. The number of nitrogens with zero attached hydrogens (tertiary/aromatic N) is 1. The summed E-state index contributed by atoms with van der Waals surface area (Å²) in [6, 6.07) is 8.03. The van der Waals surface area contributed by atoms with Gasteiger partial charge in [0.05, 0.1) is 30.8 Å². The van der Waals surface area contributed by atoms with Crippen LogP contribution in [0.4, 0.5) is 0 Å². The number of carbonyl (C=O) groups excluding carboxylic acids is 4. The zero-order chi connectivity index (χ0) is 31.5. The van der Waals surface area contributed by atoms with Gasteiger partial charge in [-0.2, -0.15) is 4.31 Å². The molecule has 11 nitrogen and oxygen atoms in total. The molecule has 4 atom stereocenters. The van der Waals surface area contributed by atoms with Gasteiger partial charge < -0.3 is 15.7 Å². The lowest BCUT2D eigenvalue weighted by Crippen LogP contribution is -2.62. The zero-order valence-electron chi connectivity index (χ0n) is 25.0. The lowest BCUT2D eigenvalue weighted by molar-refractivity contribution is -0.142. The predicted molar refractivity (Wildman–Crippen MR) is 156 cm³/mol. The van der Waals surface area contributed by atoms with Gasteiger partial charge in [-0.05, 0) is 42.1 Å². The van der Waals surface area contributed by atoms with E-state index in [1.807, 2.05) is 44.2 Å². The summed E-state index contributed by atoms with van der Waals surface area (Å²) in [6.45, 7) is 6.76. The standard InChI is InChI=1S/C30H43N3O8S/c1-19(2)22(16-26(36)31-14-12-20-9-7-6-8-10-20)28(39)32-23(17-27(37)38)24(34)18-33(42(5,40)41)30-13-11-21(15-25(30)35)29(30,3)4/h6-10,19,21-23H,11-18H2,1-5H3,(H,31,36)(H,32,39)(H,37,38). The lowest BCUT2D eigenvalue weighted by atomic mass is 9.75. The second-order valence-electron chi connectivity index (χ2n) is 12.5. The van der Waals surface area contributed by atoms with Gasteiger partial charge in [0.25, 0.3) is 0 Å². The third-order valence-electron chi connectivity index (χ3n) is 9.17. The number of ketones is 2. The molecule has 4 unspecified atom stereocenters. The van der Waals surface area contributed by atoms with Crippen LogP contribution in [0.5, 0.6) is 0 Å².